The zero-order chi connectivity index (χ0) is 31.2. The first-order valence-electron chi connectivity index (χ1n) is 15.7. The lowest BCUT2D eigenvalue weighted by Gasteiger charge is -2.12. The molecule has 220 valence electrons. The molecule has 47 heavy (non-hydrogen) atoms. The Morgan fingerprint density at radius 3 is 1.47 bits per heavy atom. The molecule has 0 saturated carbocycles. The van der Waals surface area contributed by atoms with Gasteiger partial charge in [-0.1, -0.05) is 158 Å². The maximum absolute atomic E-state index is 5.16. The van der Waals surface area contributed by atoms with Crippen molar-refractivity contribution in [3.05, 3.63) is 164 Å². The maximum atomic E-state index is 5.16. The quantitative estimate of drug-likeness (QED) is 0.193. The molecule has 0 aliphatic carbocycles. The highest BCUT2D eigenvalue weighted by Crippen LogP contribution is 2.42. The van der Waals surface area contributed by atoms with E-state index in [2.05, 4.69) is 152 Å². The van der Waals surface area contributed by atoms with Crippen molar-refractivity contribution >= 4 is 42.3 Å². The molecule has 2 heterocycles. The van der Waals surface area contributed by atoms with E-state index < -0.39 is 0 Å². The summed E-state index contributed by atoms with van der Waals surface area (Å²) >= 11 is 1.83. The van der Waals surface area contributed by atoms with Gasteiger partial charge in [0, 0.05) is 42.2 Å². The highest BCUT2D eigenvalue weighted by atomic mass is 32.1. The summed E-state index contributed by atoms with van der Waals surface area (Å²) in [5, 5.41) is 4.88. The van der Waals surface area contributed by atoms with Gasteiger partial charge in [-0.2, -0.15) is 0 Å². The lowest BCUT2D eigenvalue weighted by molar-refractivity contribution is 1.08. The van der Waals surface area contributed by atoms with Crippen molar-refractivity contribution in [3.63, 3.8) is 0 Å². The van der Waals surface area contributed by atoms with Crippen LogP contribution in [0.15, 0.2) is 164 Å². The summed E-state index contributed by atoms with van der Waals surface area (Å²) < 4.78 is 2.53. The van der Waals surface area contributed by atoms with E-state index in [1.807, 2.05) is 23.5 Å². The van der Waals surface area contributed by atoms with Crippen molar-refractivity contribution in [1.29, 1.82) is 0 Å². The van der Waals surface area contributed by atoms with Crippen LogP contribution in [0.4, 0.5) is 0 Å². The molecule has 9 aromatic rings. The molecule has 0 radical (unpaired) electrons. The van der Waals surface area contributed by atoms with Gasteiger partial charge in [-0.3, -0.25) is 0 Å². The molecule has 0 amide bonds. The molecule has 7 aromatic carbocycles. The van der Waals surface area contributed by atoms with Crippen LogP contribution in [-0.4, -0.2) is 15.0 Å². The summed E-state index contributed by atoms with van der Waals surface area (Å²) in [6, 6.07) is 57.3. The molecule has 0 spiro atoms. The minimum absolute atomic E-state index is 0.650. The Bertz CT molecular complexity index is 2440. The van der Waals surface area contributed by atoms with E-state index in [1.165, 1.54) is 42.1 Å². The molecule has 0 saturated heterocycles. The number of fused-ring (bicyclic) bond motifs is 5. The molecule has 0 aliphatic heterocycles. The van der Waals surface area contributed by atoms with Crippen LogP contribution in [0.1, 0.15) is 0 Å². The number of rotatable bonds is 5. The third-order valence-corrected chi connectivity index (χ3v) is 9.97. The number of benzene rings is 7. The molecule has 0 aliphatic rings. The maximum Gasteiger partial charge on any atom is 0.164 e. The van der Waals surface area contributed by atoms with E-state index >= 15 is 0 Å². The van der Waals surface area contributed by atoms with Crippen LogP contribution in [-0.2, 0) is 0 Å². The van der Waals surface area contributed by atoms with Crippen molar-refractivity contribution in [2.24, 2.45) is 0 Å². The minimum Gasteiger partial charge on any atom is -0.208 e. The van der Waals surface area contributed by atoms with Gasteiger partial charge in [-0.05, 0) is 33.7 Å². The molecule has 0 atom stereocenters. The normalized spacial score (nSPS) is 11.4. The van der Waals surface area contributed by atoms with E-state index in [9.17, 15) is 0 Å². The Kier molecular flexibility index (Phi) is 6.65. The van der Waals surface area contributed by atoms with Gasteiger partial charge in [0.1, 0.15) is 0 Å². The Balaban J connectivity index is 1.24. The predicted octanol–water partition coefficient (Wildman–Crippen LogP) is 11.7. The van der Waals surface area contributed by atoms with E-state index in [4.69, 9.17) is 15.0 Å². The monoisotopic (exact) mass is 617 g/mol. The third kappa shape index (κ3) is 4.96. The molecule has 0 fully saturated rings. The average molecular weight is 618 g/mol. The summed E-state index contributed by atoms with van der Waals surface area (Å²) in [6.07, 6.45) is 0. The second-order valence-corrected chi connectivity index (χ2v) is 12.7. The van der Waals surface area contributed by atoms with Crippen molar-refractivity contribution in [2.45, 2.75) is 0 Å². The standard InChI is InChI=1S/C43H27N3S/c1-3-10-28(11-4-1)30-18-22-33(23-19-30)41-44-42(34-24-20-31(21-25-34)29-12-5-2-6-13-29)46-43(45-41)37-16-9-14-32-26-27-36-35-15-7-8-17-38(35)47-40(36)39(32)37/h1-27H. The Labute approximate surface area is 276 Å². The number of aromatic nitrogens is 3. The van der Waals surface area contributed by atoms with Gasteiger partial charge < -0.3 is 0 Å². The van der Waals surface area contributed by atoms with Gasteiger partial charge in [-0.25, -0.2) is 15.0 Å². The highest BCUT2D eigenvalue weighted by Gasteiger charge is 2.17. The van der Waals surface area contributed by atoms with Gasteiger partial charge in [0.25, 0.3) is 0 Å². The van der Waals surface area contributed by atoms with Crippen LogP contribution < -0.4 is 0 Å². The number of hydrogen-bond acceptors (Lipinski definition) is 4. The van der Waals surface area contributed by atoms with Crippen molar-refractivity contribution in [1.82, 2.24) is 15.0 Å². The largest absolute Gasteiger partial charge is 0.208 e. The average Bonchev–Trinajstić information content (AvgIpc) is 3.54. The summed E-state index contributed by atoms with van der Waals surface area (Å²) in [6.45, 7) is 0. The Morgan fingerprint density at radius 2 is 0.851 bits per heavy atom. The van der Waals surface area contributed by atoms with Gasteiger partial charge in [-0.15, -0.1) is 11.3 Å². The van der Waals surface area contributed by atoms with Crippen LogP contribution in [0.2, 0.25) is 0 Å². The summed E-state index contributed by atoms with van der Waals surface area (Å²) in [4.78, 5) is 15.4. The van der Waals surface area contributed by atoms with Gasteiger partial charge in [0.2, 0.25) is 0 Å². The lowest BCUT2D eigenvalue weighted by atomic mass is 10.0. The molecular weight excluding hydrogens is 591 g/mol. The summed E-state index contributed by atoms with van der Waals surface area (Å²) in [7, 11) is 0. The summed E-state index contributed by atoms with van der Waals surface area (Å²) in [5.74, 6) is 1.97. The number of nitrogens with zero attached hydrogens (tertiary/aromatic N) is 3. The van der Waals surface area contributed by atoms with Crippen molar-refractivity contribution in [2.75, 3.05) is 0 Å². The molecule has 0 bridgehead atoms. The molecule has 3 nitrogen and oxygen atoms in total. The van der Waals surface area contributed by atoms with E-state index in [0.29, 0.717) is 17.5 Å². The number of hydrogen-bond donors (Lipinski definition) is 0. The first-order chi connectivity index (χ1) is 23.3. The zero-order valence-corrected chi connectivity index (χ0v) is 26.2. The van der Waals surface area contributed by atoms with Crippen molar-refractivity contribution < 1.29 is 0 Å². The van der Waals surface area contributed by atoms with Crippen LogP contribution in [0, 0.1) is 0 Å². The molecule has 2 aromatic heterocycles. The SMILES string of the molecule is c1ccc(-c2ccc(-c3nc(-c4ccc(-c5ccccc5)cc4)nc(-c4cccc5ccc6c7ccccc7sc6c45)n3)cc2)cc1. The molecular formula is C43H27N3S. The topological polar surface area (TPSA) is 38.7 Å². The predicted molar refractivity (Wildman–Crippen MR) is 197 cm³/mol. The van der Waals surface area contributed by atoms with Gasteiger partial charge >= 0.3 is 0 Å². The third-order valence-electron chi connectivity index (χ3n) is 8.76. The highest BCUT2D eigenvalue weighted by molar-refractivity contribution is 7.26. The first kappa shape index (κ1) is 27.3. The second kappa shape index (κ2) is 11.4. The molecule has 0 N–H and O–H groups in total. The van der Waals surface area contributed by atoms with Crippen LogP contribution in [0.5, 0.6) is 0 Å². The molecule has 9 rings (SSSR count). The van der Waals surface area contributed by atoms with Gasteiger partial charge in [0.15, 0.2) is 17.5 Å². The smallest absolute Gasteiger partial charge is 0.164 e. The van der Waals surface area contributed by atoms with E-state index in [-0.39, 0.29) is 0 Å². The zero-order valence-electron chi connectivity index (χ0n) is 25.3. The van der Waals surface area contributed by atoms with Crippen LogP contribution in [0.25, 0.3) is 87.4 Å². The molecule has 0 unspecified atom stereocenters. The molecule has 4 heteroatoms. The lowest BCUT2D eigenvalue weighted by Crippen LogP contribution is -2.00. The van der Waals surface area contributed by atoms with E-state index in [0.717, 1.165) is 27.8 Å². The fraction of sp³-hybridized carbons (Fsp3) is 0. The first-order valence-corrected chi connectivity index (χ1v) is 16.5. The minimum atomic E-state index is 0.650. The van der Waals surface area contributed by atoms with Crippen LogP contribution in [0.3, 0.4) is 0 Å². The van der Waals surface area contributed by atoms with Crippen molar-refractivity contribution in [3.8, 4) is 56.4 Å². The fourth-order valence-electron chi connectivity index (χ4n) is 6.38. The van der Waals surface area contributed by atoms with E-state index in [1.54, 1.807) is 0 Å². The summed E-state index contributed by atoms with van der Waals surface area (Å²) in [5.41, 5.74) is 7.57. The van der Waals surface area contributed by atoms with Crippen LogP contribution >= 0.6 is 11.3 Å². The second-order valence-electron chi connectivity index (χ2n) is 11.6. The van der Waals surface area contributed by atoms with Gasteiger partial charge in [0.05, 0.1) is 0 Å². The Morgan fingerprint density at radius 1 is 0.340 bits per heavy atom. The Hall–Kier alpha value is -5.97. The number of thiophene rings is 1. The fourth-order valence-corrected chi connectivity index (χ4v) is 7.65.